The first-order chi connectivity index (χ1) is 9.90. The quantitative estimate of drug-likeness (QED) is 0.802. The number of unbranched alkanes of at least 4 members (excludes halogenated alkanes) is 1. The van der Waals surface area contributed by atoms with E-state index in [0.717, 1.165) is 25.8 Å². The maximum Gasteiger partial charge on any atom is 0.00949 e. The predicted octanol–water partition coefficient (Wildman–Crippen LogP) is 4.69. The Morgan fingerprint density at radius 3 is 2.81 bits per heavy atom. The predicted molar refractivity (Wildman–Crippen MR) is 93.0 cm³/mol. The van der Waals surface area contributed by atoms with Crippen molar-refractivity contribution in [1.29, 1.82) is 0 Å². The van der Waals surface area contributed by atoms with Crippen molar-refractivity contribution in [3.05, 3.63) is 70.8 Å². The third-order valence-corrected chi connectivity index (χ3v) is 4.44. The molecule has 1 nitrogen and oxygen atoms in total. The van der Waals surface area contributed by atoms with E-state index in [-0.39, 0.29) is 12.4 Å². The fraction of sp³-hybridized carbons (Fsp3) is 0.368. The maximum atomic E-state index is 5.66. The van der Waals surface area contributed by atoms with Crippen LogP contribution in [-0.4, -0.2) is 6.54 Å². The summed E-state index contributed by atoms with van der Waals surface area (Å²) in [6.45, 7) is 0.802. The second-order valence-electron chi connectivity index (χ2n) is 5.72. The molecule has 3 rings (SSSR count). The molecule has 0 spiro atoms. The third kappa shape index (κ3) is 3.48. The lowest BCUT2D eigenvalue weighted by molar-refractivity contribution is 0.625. The summed E-state index contributed by atoms with van der Waals surface area (Å²) in [5, 5.41) is 0. The molecule has 21 heavy (non-hydrogen) atoms. The number of allylic oxidation sites excluding steroid dienone is 6. The van der Waals surface area contributed by atoms with Crippen LogP contribution < -0.4 is 5.73 Å². The standard InChI is InChI=1S/C19H23N.ClH/c20-14-6-5-11-19-17-9-3-1-7-15(17)12-13-16-8-2-4-10-18(16)19;/h1-4,7,9-10,13,19H,5-6,8,11-12,14,20H2;1H. The van der Waals surface area contributed by atoms with Crippen molar-refractivity contribution in [2.24, 2.45) is 5.73 Å². The minimum atomic E-state index is 0. The fourth-order valence-corrected chi connectivity index (χ4v) is 3.40. The van der Waals surface area contributed by atoms with Crippen molar-refractivity contribution in [2.75, 3.05) is 6.54 Å². The van der Waals surface area contributed by atoms with Crippen LogP contribution in [0.2, 0.25) is 0 Å². The van der Waals surface area contributed by atoms with Crippen LogP contribution in [-0.2, 0) is 6.42 Å². The van der Waals surface area contributed by atoms with Crippen LogP contribution in [0, 0.1) is 0 Å². The molecule has 1 unspecified atom stereocenters. The number of nitrogens with two attached hydrogens (primary N) is 1. The summed E-state index contributed by atoms with van der Waals surface area (Å²) in [5.74, 6) is 0.552. The van der Waals surface area contributed by atoms with Crippen LogP contribution in [0.15, 0.2) is 59.7 Å². The Labute approximate surface area is 134 Å². The first-order valence-corrected chi connectivity index (χ1v) is 7.74. The summed E-state index contributed by atoms with van der Waals surface area (Å²) in [5.41, 5.74) is 11.7. The van der Waals surface area contributed by atoms with E-state index in [1.165, 1.54) is 35.1 Å². The first-order valence-electron chi connectivity index (χ1n) is 7.74. The van der Waals surface area contributed by atoms with E-state index in [0.29, 0.717) is 5.92 Å². The van der Waals surface area contributed by atoms with Crippen molar-refractivity contribution in [3.63, 3.8) is 0 Å². The summed E-state index contributed by atoms with van der Waals surface area (Å²) in [4.78, 5) is 0. The van der Waals surface area contributed by atoms with Gasteiger partial charge in [-0.1, -0.05) is 55.0 Å². The second-order valence-corrected chi connectivity index (χ2v) is 5.72. The number of fused-ring (bicyclic) bond motifs is 2. The molecule has 1 atom stereocenters. The van der Waals surface area contributed by atoms with Gasteiger partial charge < -0.3 is 5.73 Å². The highest BCUT2D eigenvalue weighted by atomic mass is 35.5. The van der Waals surface area contributed by atoms with E-state index >= 15 is 0 Å². The van der Waals surface area contributed by atoms with E-state index in [9.17, 15) is 0 Å². The highest BCUT2D eigenvalue weighted by molar-refractivity contribution is 5.85. The van der Waals surface area contributed by atoms with Crippen LogP contribution in [0.5, 0.6) is 0 Å². The summed E-state index contributed by atoms with van der Waals surface area (Å²) in [6.07, 6.45) is 15.0. The van der Waals surface area contributed by atoms with E-state index < -0.39 is 0 Å². The van der Waals surface area contributed by atoms with Gasteiger partial charge in [0, 0.05) is 5.92 Å². The minimum absolute atomic E-state index is 0. The average molecular weight is 302 g/mol. The van der Waals surface area contributed by atoms with Gasteiger partial charge in [0.25, 0.3) is 0 Å². The summed E-state index contributed by atoms with van der Waals surface area (Å²) in [6, 6.07) is 8.95. The van der Waals surface area contributed by atoms with Gasteiger partial charge >= 0.3 is 0 Å². The zero-order valence-corrected chi connectivity index (χ0v) is 13.2. The van der Waals surface area contributed by atoms with E-state index in [1.807, 2.05) is 0 Å². The molecule has 0 saturated carbocycles. The number of rotatable bonds is 4. The lowest BCUT2D eigenvalue weighted by Crippen LogP contribution is -2.08. The molecule has 0 aliphatic heterocycles. The van der Waals surface area contributed by atoms with Crippen LogP contribution in [0.4, 0.5) is 0 Å². The van der Waals surface area contributed by atoms with Gasteiger partial charge in [-0.25, -0.2) is 0 Å². The van der Waals surface area contributed by atoms with Crippen molar-refractivity contribution >= 4 is 12.4 Å². The van der Waals surface area contributed by atoms with E-state index in [4.69, 9.17) is 5.73 Å². The Bertz CT molecular complexity index is 569. The fourth-order valence-electron chi connectivity index (χ4n) is 3.40. The molecule has 0 radical (unpaired) electrons. The first kappa shape index (κ1) is 16.1. The molecule has 0 amide bonds. The van der Waals surface area contributed by atoms with E-state index in [1.54, 1.807) is 0 Å². The number of halogens is 1. The maximum absolute atomic E-state index is 5.66. The summed E-state index contributed by atoms with van der Waals surface area (Å²) < 4.78 is 0. The molecule has 0 bridgehead atoms. The van der Waals surface area contributed by atoms with Gasteiger partial charge in [-0.2, -0.15) is 0 Å². The molecule has 2 aliphatic rings. The Balaban J connectivity index is 0.00000161. The lowest BCUT2D eigenvalue weighted by Gasteiger charge is -2.24. The smallest absolute Gasteiger partial charge is 0.00949 e. The molecule has 0 fully saturated rings. The van der Waals surface area contributed by atoms with Gasteiger partial charge in [-0.3, -0.25) is 0 Å². The molecule has 2 N–H and O–H groups in total. The molecular weight excluding hydrogens is 278 g/mol. The van der Waals surface area contributed by atoms with Gasteiger partial charge in [-0.15, -0.1) is 12.4 Å². The van der Waals surface area contributed by atoms with Crippen molar-refractivity contribution in [1.82, 2.24) is 0 Å². The SMILES string of the molecule is Cl.NCCCCC1C2=CC=CCC2=CCc2ccccc21. The highest BCUT2D eigenvalue weighted by Gasteiger charge is 2.24. The van der Waals surface area contributed by atoms with Gasteiger partial charge in [0.2, 0.25) is 0 Å². The van der Waals surface area contributed by atoms with Gasteiger partial charge in [-0.05, 0) is 54.5 Å². The van der Waals surface area contributed by atoms with E-state index in [2.05, 4.69) is 48.6 Å². The third-order valence-electron chi connectivity index (χ3n) is 4.44. The van der Waals surface area contributed by atoms with Gasteiger partial charge in [0.05, 0.1) is 0 Å². The molecule has 2 heteroatoms. The molecule has 1 aromatic carbocycles. The number of benzene rings is 1. The second kappa shape index (κ2) is 7.63. The zero-order valence-electron chi connectivity index (χ0n) is 12.4. The number of hydrogen-bond donors (Lipinski definition) is 1. The molecule has 1 aromatic rings. The number of hydrogen-bond acceptors (Lipinski definition) is 1. The largest absolute Gasteiger partial charge is 0.330 e. The normalized spacial score (nSPS) is 19.6. The van der Waals surface area contributed by atoms with Crippen LogP contribution in [0.25, 0.3) is 0 Å². The molecule has 0 heterocycles. The van der Waals surface area contributed by atoms with Gasteiger partial charge in [0.15, 0.2) is 0 Å². The molecule has 0 aromatic heterocycles. The Kier molecular flexibility index (Phi) is 5.84. The molecule has 0 saturated heterocycles. The van der Waals surface area contributed by atoms with Crippen LogP contribution in [0.1, 0.15) is 42.7 Å². The highest BCUT2D eigenvalue weighted by Crippen LogP contribution is 2.40. The van der Waals surface area contributed by atoms with Crippen LogP contribution >= 0.6 is 12.4 Å². The Hall–Kier alpha value is -1.31. The lowest BCUT2D eigenvalue weighted by atomic mass is 9.81. The summed E-state index contributed by atoms with van der Waals surface area (Å²) >= 11 is 0. The molecular formula is C19H24ClN. The zero-order chi connectivity index (χ0) is 13.8. The average Bonchev–Trinajstić information content (AvgIpc) is 2.66. The molecule has 2 aliphatic carbocycles. The minimum Gasteiger partial charge on any atom is -0.330 e. The van der Waals surface area contributed by atoms with Crippen LogP contribution in [0.3, 0.4) is 0 Å². The van der Waals surface area contributed by atoms with Crippen molar-refractivity contribution in [3.8, 4) is 0 Å². The van der Waals surface area contributed by atoms with Crippen molar-refractivity contribution in [2.45, 2.75) is 38.0 Å². The Morgan fingerprint density at radius 1 is 1.10 bits per heavy atom. The monoisotopic (exact) mass is 301 g/mol. The Morgan fingerprint density at radius 2 is 1.95 bits per heavy atom. The molecule has 112 valence electrons. The van der Waals surface area contributed by atoms with Gasteiger partial charge in [0.1, 0.15) is 0 Å². The van der Waals surface area contributed by atoms with Crippen molar-refractivity contribution < 1.29 is 0 Å². The topological polar surface area (TPSA) is 26.0 Å². The summed E-state index contributed by atoms with van der Waals surface area (Å²) in [7, 11) is 0.